The second-order valence-electron chi connectivity index (χ2n) is 6.73. The van der Waals surface area contributed by atoms with Crippen LogP contribution in [-0.2, 0) is 13.1 Å². The van der Waals surface area contributed by atoms with Gasteiger partial charge in [-0.15, -0.1) is 0 Å². The van der Waals surface area contributed by atoms with Crippen LogP contribution in [0.3, 0.4) is 0 Å². The van der Waals surface area contributed by atoms with Gasteiger partial charge < -0.3 is 19.7 Å². The molecule has 7 heteroatoms. The van der Waals surface area contributed by atoms with Crippen molar-refractivity contribution in [3.8, 4) is 11.5 Å². The molecule has 3 rings (SSSR count). The lowest BCUT2D eigenvalue weighted by atomic mass is 10.1. The van der Waals surface area contributed by atoms with Crippen molar-refractivity contribution in [2.24, 2.45) is 0 Å². The minimum absolute atomic E-state index is 0.0152. The van der Waals surface area contributed by atoms with Crippen LogP contribution < -0.4 is 14.8 Å². The summed E-state index contributed by atoms with van der Waals surface area (Å²) in [5.41, 5.74) is 2.17. The lowest BCUT2D eigenvalue weighted by Crippen LogP contribution is -2.51. The zero-order valence-electron chi connectivity index (χ0n) is 16.3. The number of halogens is 1. The van der Waals surface area contributed by atoms with Gasteiger partial charge in [0.15, 0.2) is 0 Å². The number of nitrogens with zero attached hydrogens (tertiary/aromatic N) is 2. The fourth-order valence-electron chi connectivity index (χ4n) is 3.29. The Morgan fingerprint density at radius 1 is 1.07 bits per heavy atom. The fraction of sp³-hybridized carbons (Fsp3) is 0.381. The highest BCUT2D eigenvalue weighted by molar-refractivity contribution is 9.10. The van der Waals surface area contributed by atoms with Crippen molar-refractivity contribution < 1.29 is 14.3 Å². The summed E-state index contributed by atoms with van der Waals surface area (Å²) in [6.45, 7) is 4.36. The van der Waals surface area contributed by atoms with E-state index in [0.29, 0.717) is 19.6 Å². The number of amides is 2. The van der Waals surface area contributed by atoms with E-state index in [1.165, 1.54) is 0 Å². The molecule has 1 fully saturated rings. The highest BCUT2D eigenvalue weighted by Gasteiger charge is 2.22. The van der Waals surface area contributed by atoms with E-state index in [-0.39, 0.29) is 6.03 Å². The molecule has 0 aliphatic carbocycles. The molecule has 0 atom stereocenters. The number of ether oxygens (including phenoxy) is 2. The summed E-state index contributed by atoms with van der Waals surface area (Å²) in [7, 11) is 3.34. The minimum Gasteiger partial charge on any atom is -0.497 e. The number of methoxy groups -OCH3 is 2. The molecular weight excluding hydrogens is 422 g/mol. The molecule has 2 aromatic rings. The van der Waals surface area contributed by atoms with Gasteiger partial charge in [-0.3, -0.25) is 4.90 Å². The first-order valence-corrected chi connectivity index (χ1v) is 10.1. The number of rotatable bonds is 6. The van der Waals surface area contributed by atoms with Crippen LogP contribution in [0.25, 0.3) is 0 Å². The monoisotopic (exact) mass is 447 g/mol. The molecule has 2 amide bonds. The molecule has 28 heavy (non-hydrogen) atoms. The molecule has 1 heterocycles. The van der Waals surface area contributed by atoms with Gasteiger partial charge in [0.25, 0.3) is 0 Å². The van der Waals surface area contributed by atoms with Crippen molar-refractivity contribution in [3.05, 3.63) is 58.1 Å². The van der Waals surface area contributed by atoms with Gasteiger partial charge >= 0.3 is 6.03 Å². The molecule has 2 aromatic carbocycles. The van der Waals surface area contributed by atoms with Gasteiger partial charge in [-0.1, -0.05) is 28.1 Å². The molecular formula is C21H26BrN3O3. The summed E-state index contributed by atoms with van der Waals surface area (Å²) in [6, 6.07) is 13.8. The third-order valence-corrected chi connectivity index (χ3v) is 5.37. The van der Waals surface area contributed by atoms with E-state index < -0.39 is 0 Å². The van der Waals surface area contributed by atoms with Crippen LogP contribution in [-0.4, -0.2) is 56.2 Å². The maximum atomic E-state index is 12.5. The zero-order chi connectivity index (χ0) is 19.9. The molecule has 1 aliphatic heterocycles. The lowest BCUT2D eigenvalue weighted by molar-refractivity contribution is 0.134. The Kier molecular flexibility index (Phi) is 7.17. The van der Waals surface area contributed by atoms with E-state index in [1.807, 2.05) is 47.4 Å². The second-order valence-corrected chi connectivity index (χ2v) is 7.65. The Balaban J connectivity index is 1.49. The summed E-state index contributed by atoms with van der Waals surface area (Å²) < 4.78 is 11.8. The number of piperazine rings is 1. The van der Waals surface area contributed by atoms with E-state index in [2.05, 4.69) is 26.1 Å². The van der Waals surface area contributed by atoms with Gasteiger partial charge in [0.1, 0.15) is 11.5 Å². The van der Waals surface area contributed by atoms with Crippen LogP contribution in [0, 0.1) is 0 Å². The number of carbonyl (C=O) groups excluding carboxylic acids is 1. The van der Waals surface area contributed by atoms with Gasteiger partial charge in [-0.2, -0.15) is 0 Å². The zero-order valence-corrected chi connectivity index (χ0v) is 17.9. The summed E-state index contributed by atoms with van der Waals surface area (Å²) in [5, 5.41) is 3.00. The van der Waals surface area contributed by atoms with Crippen molar-refractivity contribution in [2.45, 2.75) is 13.1 Å². The minimum atomic E-state index is -0.0152. The third kappa shape index (κ3) is 5.39. The summed E-state index contributed by atoms with van der Waals surface area (Å²) in [4.78, 5) is 16.7. The molecule has 1 saturated heterocycles. The topological polar surface area (TPSA) is 54.0 Å². The smallest absolute Gasteiger partial charge is 0.317 e. The Hall–Kier alpha value is -2.25. The van der Waals surface area contributed by atoms with E-state index in [0.717, 1.165) is 46.7 Å². The Morgan fingerprint density at radius 3 is 2.54 bits per heavy atom. The van der Waals surface area contributed by atoms with Crippen LogP contribution in [0.1, 0.15) is 11.1 Å². The van der Waals surface area contributed by atoms with Crippen LogP contribution in [0.5, 0.6) is 11.5 Å². The van der Waals surface area contributed by atoms with Gasteiger partial charge in [0.2, 0.25) is 0 Å². The molecule has 0 radical (unpaired) electrons. The highest BCUT2D eigenvalue weighted by Crippen LogP contribution is 2.25. The highest BCUT2D eigenvalue weighted by atomic mass is 79.9. The van der Waals surface area contributed by atoms with Crippen LogP contribution in [0.15, 0.2) is 46.9 Å². The second kappa shape index (κ2) is 9.80. The first-order valence-electron chi connectivity index (χ1n) is 9.29. The number of carbonyl (C=O) groups is 1. The average molecular weight is 448 g/mol. The van der Waals surface area contributed by atoms with E-state index in [4.69, 9.17) is 9.47 Å². The normalized spacial score (nSPS) is 14.6. The lowest BCUT2D eigenvalue weighted by Gasteiger charge is -2.35. The van der Waals surface area contributed by atoms with E-state index in [9.17, 15) is 4.79 Å². The van der Waals surface area contributed by atoms with E-state index >= 15 is 0 Å². The summed E-state index contributed by atoms with van der Waals surface area (Å²) in [6.07, 6.45) is 0. The van der Waals surface area contributed by atoms with Gasteiger partial charge in [-0.25, -0.2) is 4.79 Å². The van der Waals surface area contributed by atoms with Crippen molar-refractivity contribution in [2.75, 3.05) is 40.4 Å². The number of hydrogen-bond acceptors (Lipinski definition) is 4. The van der Waals surface area contributed by atoms with Gasteiger partial charge in [0.05, 0.1) is 14.2 Å². The largest absolute Gasteiger partial charge is 0.497 e. The van der Waals surface area contributed by atoms with Gasteiger partial charge in [-0.05, 0) is 35.9 Å². The number of hydrogen-bond donors (Lipinski definition) is 1. The summed E-state index contributed by atoms with van der Waals surface area (Å²) in [5.74, 6) is 1.68. The number of benzene rings is 2. The van der Waals surface area contributed by atoms with Crippen molar-refractivity contribution >= 4 is 22.0 Å². The fourth-order valence-corrected chi connectivity index (χ4v) is 3.74. The van der Waals surface area contributed by atoms with Crippen molar-refractivity contribution in [1.82, 2.24) is 15.1 Å². The van der Waals surface area contributed by atoms with Crippen molar-refractivity contribution in [1.29, 1.82) is 0 Å². The maximum absolute atomic E-state index is 12.5. The van der Waals surface area contributed by atoms with Gasteiger partial charge in [0, 0.05) is 49.3 Å². The molecule has 0 bridgehead atoms. The maximum Gasteiger partial charge on any atom is 0.317 e. The third-order valence-electron chi connectivity index (χ3n) is 4.87. The first kappa shape index (κ1) is 20.5. The molecule has 150 valence electrons. The van der Waals surface area contributed by atoms with E-state index in [1.54, 1.807) is 14.2 Å². The SMILES string of the molecule is COc1ccc(OC)c(CN2CCN(C(=O)NCc3cccc(Br)c3)CC2)c1. The first-order chi connectivity index (χ1) is 13.6. The average Bonchev–Trinajstić information content (AvgIpc) is 2.72. The standard InChI is InChI=1S/C21H26BrN3O3/c1-27-19-6-7-20(28-2)17(13-19)15-24-8-10-25(11-9-24)21(26)23-14-16-4-3-5-18(22)12-16/h3-7,12-13H,8-11,14-15H2,1-2H3,(H,23,26). The molecule has 6 nitrogen and oxygen atoms in total. The number of urea groups is 1. The summed E-state index contributed by atoms with van der Waals surface area (Å²) >= 11 is 3.45. The Labute approximate surface area is 174 Å². The van der Waals surface area contributed by atoms with Crippen LogP contribution in [0.2, 0.25) is 0 Å². The Morgan fingerprint density at radius 2 is 1.86 bits per heavy atom. The molecule has 0 aromatic heterocycles. The molecule has 0 unspecified atom stereocenters. The Bertz CT molecular complexity index is 807. The van der Waals surface area contributed by atoms with Crippen LogP contribution in [0.4, 0.5) is 4.79 Å². The molecule has 1 N–H and O–H groups in total. The van der Waals surface area contributed by atoms with Crippen LogP contribution >= 0.6 is 15.9 Å². The molecule has 1 aliphatic rings. The number of nitrogens with one attached hydrogen (secondary N) is 1. The van der Waals surface area contributed by atoms with Crippen molar-refractivity contribution in [3.63, 3.8) is 0 Å². The quantitative estimate of drug-likeness (QED) is 0.735. The molecule has 0 spiro atoms. The predicted molar refractivity (Wildman–Crippen MR) is 113 cm³/mol. The molecule has 0 saturated carbocycles. The predicted octanol–water partition coefficient (Wildman–Crippen LogP) is 3.49.